The number of hydrogen-bond acceptors (Lipinski definition) is 7. The average Bonchev–Trinajstić information content (AvgIpc) is 3.04. The SMILES string of the molecule is CCOC(=O)C1(C(=O)OCC)CC(c2ccc(Cl)cc2[N+](=O)[O-])=CN1C(C)=O. The number of nitrogens with zero attached hydrogens (tertiary/aromatic N) is 2. The summed E-state index contributed by atoms with van der Waals surface area (Å²) in [6.07, 6.45) is 0.916. The van der Waals surface area contributed by atoms with Gasteiger partial charge < -0.3 is 9.47 Å². The number of ether oxygens (including phenoxy) is 2. The van der Waals surface area contributed by atoms with Crippen molar-refractivity contribution in [3.8, 4) is 0 Å². The predicted molar refractivity (Wildman–Crippen MR) is 99.2 cm³/mol. The number of benzene rings is 1. The molecule has 1 aliphatic heterocycles. The Kier molecular flexibility index (Phi) is 6.40. The van der Waals surface area contributed by atoms with E-state index in [-0.39, 0.29) is 41.5 Å². The van der Waals surface area contributed by atoms with E-state index in [4.69, 9.17) is 21.1 Å². The second kappa shape index (κ2) is 8.39. The topological polar surface area (TPSA) is 116 Å². The minimum absolute atomic E-state index is 0.0256. The van der Waals surface area contributed by atoms with E-state index in [1.54, 1.807) is 13.8 Å². The van der Waals surface area contributed by atoms with Gasteiger partial charge in [0.15, 0.2) is 0 Å². The summed E-state index contributed by atoms with van der Waals surface area (Å²) in [4.78, 5) is 49.4. The molecule has 9 nitrogen and oxygen atoms in total. The van der Waals surface area contributed by atoms with E-state index in [2.05, 4.69) is 0 Å². The Morgan fingerprint density at radius 3 is 2.25 bits per heavy atom. The Morgan fingerprint density at radius 2 is 1.79 bits per heavy atom. The highest BCUT2D eigenvalue weighted by Gasteiger charge is 2.58. The third-order valence-corrected chi connectivity index (χ3v) is 4.45. The molecular formula is C18H19ClN2O7. The molecule has 1 aromatic carbocycles. The number of rotatable bonds is 6. The predicted octanol–water partition coefficient (Wildman–Crippen LogP) is 2.71. The summed E-state index contributed by atoms with van der Waals surface area (Å²) in [6, 6.07) is 4.00. The van der Waals surface area contributed by atoms with E-state index in [1.165, 1.54) is 25.3 Å². The number of amides is 1. The van der Waals surface area contributed by atoms with Crippen molar-refractivity contribution in [1.29, 1.82) is 0 Å². The van der Waals surface area contributed by atoms with Crippen LogP contribution in [0.1, 0.15) is 32.8 Å². The van der Waals surface area contributed by atoms with Gasteiger partial charge in [0.1, 0.15) is 0 Å². The lowest BCUT2D eigenvalue weighted by atomic mass is 9.90. The molecule has 1 aliphatic rings. The van der Waals surface area contributed by atoms with Gasteiger partial charge in [0.05, 0.1) is 23.7 Å². The van der Waals surface area contributed by atoms with Crippen LogP contribution in [0, 0.1) is 10.1 Å². The zero-order valence-electron chi connectivity index (χ0n) is 15.6. The standard InChI is InChI=1S/C18H19ClN2O7/c1-4-27-16(23)18(17(24)28-5-2)9-12(10-20(18)11(3)22)14-7-6-13(19)8-15(14)21(25)26/h6-8,10H,4-5,9H2,1-3H3. The fraction of sp³-hybridized carbons (Fsp3) is 0.389. The lowest BCUT2D eigenvalue weighted by Gasteiger charge is -2.32. The number of carbonyl (C=O) groups is 3. The Hall–Kier alpha value is -2.94. The molecule has 2 rings (SSSR count). The molecule has 150 valence electrons. The molecule has 0 radical (unpaired) electrons. The average molecular weight is 411 g/mol. The van der Waals surface area contributed by atoms with Crippen LogP contribution in [0.4, 0.5) is 5.69 Å². The molecule has 0 saturated carbocycles. The van der Waals surface area contributed by atoms with Crippen molar-refractivity contribution in [2.24, 2.45) is 0 Å². The van der Waals surface area contributed by atoms with Crippen molar-refractivity contribution >= 4 is 40.7 Å². The molecule has 0 unspecified atom stereocenters. The Bertz CT molecular complexity index is 847. The van der Waals surface area contributed by atoms with Crippen LogP contribution in [-0.4, -0.2) is 46.4 Å². The van der Waals surface area contributed by atoms with Crippen LogP contribution in [0.25, 0.3) is 5.57 Å². The van der Waals surface area contributed by atoms with Crippen LogP contribution in [0.3, 0.4) is 0 Å². The molecule has 1 aromatic rings. The molecule has 0 atom stereocenters. The molecule has 0 saturated heterocycles. The summed E-state index contributed by atoms with van der Waals surface area (Å²) in [5.41, 5.74) is -2.03. The maximum Gasteiger partial charge on any atom is 0.344 e. The van der Waals surface area contributed by atoms with Crippen molar-refractivity contribution in [2.45, 2.75) is 32.7 Å². The number of hydrogen-bond donors (Lipinski definition) is 0. The fourth-order valence-corrected chi connectivity index (χ4v) is 3.22. The van der Waals surface area contributed by atoms with Crippen LogP contribution in [0.15, 0.2) is 24.4 Å². The van der Waals surface area contributed by atoms with Crippen LogP contribution in [0.5, 0.6) is 0 Å². The zero-order valence-corrected chi connectivity index (χ0v) is 16.3. The largest absolute Gasteiger partial charge is 0.464 e. The fourth-order valence-electron chi connectivity index (χ4n) is 3.05. The highest BCUT2D eigenvalue weighted by atomic mass is 35.5. The van der Waals surface area contributed by atoms with Crippen molar-refractivity contribution < 1.29 is 28.8 Å². The third kappa shape index (κ3) is 3.70. The van der Waals surface area contributed by atoms with Crippen LogP contribution >= 0.6 is 11.6 Å². The van der Waals surface area contributed by atoms with Gasteiger partial charge in [0.25, 0.3) is 5.69 Å². The first-order chi connectivity index (χ1) is 13.2. The monoisotopic (exact) mass is 410 g/mol. The Balaban J connectivity index is 2.64. The zero-order chi connectivity index (χ0) is 21.1. The minimum Gasteiger partial charge on any atom is -0.464 e. The van der Waals surface area contributed by atoms with Gasteiger partial charge in [-0.15, -0.1) is 0 Å². The Morgan fingerprint density at radius 1 is 1.21 bits per heavy atom. The molecular weight excluding hydrogens is 392 g/mol. The number of esters is 2. The van der Waals surface area contributed by atoms with Crippen LogP contribution in [-0.2, 0) is 23.9 Å². The molecule has 0 spiro atoms. The first-order valence-electron chi connectivity index (χ1n) is 8.48. The van der Waals surface area contributed by atoms with E-state index in [9.17, 15) is 24.5 Å². The smallest absolute Gasteiger partial charge is 0.344 e. The molecule has 1 heterocycles. The summed E-state index contributed by atoms with van der Waals surface area (Å²) in [7, 11) is 0. The highest BCUT2D eigenvalue weighted by molar-refractivity contribution is 6.30. The molecule has 0 aliphatic carbocycles. The lowest BCUT2D eigenvalue weighted by molar-refractivity contribution is -0.385. The van der Waals surface area contributed by atoms with Gasteiger partial charge in [0.2, 0.25) is 11.4 Å². The minimum atomic E-state index is -2.08. The lowest BCUT2D eigenvalue weighted by Crippen LogP contribution is -2.58. The molecule has 1 amide bonds. The van der Waals surface area contributed by atoms with Gasteiger partial charge in [-0.25, -0.2) is 9.59 Å². The normalized spacial score (nSPS) is 15.0. The molecule has 0 aromatic heterocycles. The highest BCUT2D eigenvalue weighted by Crippen LogP contribution is 2.42. The second-order valence-corrected chi connectivity index (χ2v) is 6.38. The van der Waals surface area contributed by atoms with Crippen molar-refractivity contribution in [2.75, 3.05) is 13.2 Å². The van der Waals surface area contributed by atoms with Gasteiger partial charge in [-0.2, -0.15) is 0 Å². The van der Waals surface area contributed by atoms with Crippen LogP contribution < -0.4 is 0 Å². The van der Waals surface area contributed by atoms with Gasteiger partial charge >= 0.3 is 11.9 Å². The molecule has 10 heteroatoms. The van der Waals surface area contributed by atoms with Gasteiger partial charge in [-0.1, -0.05) is 11.6 Å². The van der Waals surface area contributed by atoms with Crippen LogP contribution in [0.2, 0.25) is 5.02 Å². The van der Waals surface area contributed by atoms with E-state index in [0.717, 1.165) is 11.0 Å². The molecule has 0 N–H and O–H groups in total. The summed E-state index contributed by atoms with van der Waals surface area (Å²) < 4.78 is 10.1. The summed E-state index contributed by atoms with van der Waals surface area (Å²) in [5.74, 6) is -2.55. The number of nitro groups is 1. The van der Waals surface area contributed by atoms with Gasteiger partial charge in [0, 0.05) is 30.6 Å². The first-order valence-corrected chi connectivity index (χ1v) is 8.86. The van der Waals surface area contributed by atoms with Gasteiger partial charge in [-0.3, -0.25) is 19.8 Å². The summed E-state index contributed by atoms with van der Waals surface area (Å²) >= 11 is 5.85. The number of halogens is 1. The maximum atomic E-state index is 12.7. The first kappa shape index (κ1) is 21.4. The number of nitro benzene ring substituents is 1. The van der Waals surface area contributed by atoms with Gasteiger partial charge in [-0.05, 0) is 31.6 Å². The summed E-state index contributed by atoms with van der Waals surface area (Å²) in [5, 5.41) is 11.6. The second-order valence-electron chi connectivity index (χ2n) is 5.94. The molecule has 0 bridgehead atoms. The Labute approximate surface area is 166 Å². The van der Waals surface area contributed by atoms with Crippen molar-refractivity contribution in [3.05, 3.63) is 45.1 Å². The quantitative estimate of drug-likeness (QED) is 0.306. The third-order valence-electron chi connectivity index (χ3n) is 4.21. The van der Waals surface area contributed by atoms with Crippen molar-refractivity contribution in [3.63, 3.8) is 0 Å². The number of carbonyl (C=O) groups excluding carboxylic acids is 3. The van der Waals surface area contributed by atoms with E-state index in [1.807, 2.05) is 0 Å². The maximum absolute atomic E-state index is 12.7. The molecule has 0 fully saturated rings. The van der Waals surface area contributed by atoms with E-state index in [0.29, 0.717) is 0 Å². The molecule has 28 heavy (non-hydrogen) atoms. The van der Waals surface area contributed by atoms with E-state index >= 15 is 0 Å². The van der Waals surface area contributed by atoms with Crippen molar-refractivity contribution in [1.82, 2.24) is 4.90 Å². The summed E-state index contributed by atoms with van der Waals surface area (Å²) in [6.45, 7) is 4.23. The van der Waals surface area contributed by atoms with E-state index < -0.39 is 28.3 Å².